The molecule has 0 radical (unpaired) electrons. The molecule has 2 atom stereocenters. The van der Waals surface area contributed by atoms with E-state index in [1.807, 2.05) is 6.07 Å². The Bertz CT molecular complexity index is 1190. The molecule has 0 spiro atoms. The Kier molecular flexibility index (Phi) is 6.12. The van der Waals surface area contributed by atoms with E-state index in [9.17, 15) is 12.8 Å². The van der Waals surface area contributed by atoms with Crippen molar-refractivity contribution in [3.05, 3.63) is 60.6 Å². The third-order valence-electron chi connectivity index (χ3n) is 5.39. The molecule has 3 aromatic rings. The molecule has 1 aliphatic rings. The maximum atomic E-state index is 14.6. The molecule has 32 heavy (non-hydrogen) atoms. The molecule has 2 heterocycles. The van der Waals surface area contributed by atoms with Crippen LogP contribution in [0.2, 0.25) is 0 Å². The van der Waals surface area contributed by atoms with Gasteiger partial charge in [-0.15, -0.1) is 0 Å². The molecule has 2 N–H and O–H groups in total. The summed E-state index contributed by atoms with van der Waals surface area (Å²) in [6.07, 6.45) is 1.43. The molecule has 4 rings (SSSR count). The van der Waals surface area contributed by atoms with Crippen LogP contribution in [-0.2, 0) is 10.0 Å². The lowest BCUT2D eigenvalue weighted by Crippen LogP contribution is -2.54. The molecule has 170 valence electrons. The third-order valence-corrected chi connectivity index (χ3v) is 6.75. The van der Waals surface area contributed by atoms with Gasteiger partial charge in [0.2, 0.25) is 0 Å². The molecular weight excluding hydrogens is 433 g/mol. The average molecular weight is 460 g/mol. The van der Waals surface area contributed by atoms with Crippen LogP contribution in [0, 0.1) is 5.82 Å². The number of furan rings is 1. The van der Waals surface area contributed by atoms with Crippen LogP contribution in [0.1, 0.15) is 13.8 Å². The Morgan fingerprint density at radius 2 is 1.88 bits per heavy atom. The standard InChI is InChI=1S/C23H26FN3O4S/c1-15-13-27(14-16(2)25-15)17-6-9-23(30-3)21(11-17)26-32(28,29)18-7-8-19(20(24)12-18)22-5-4-10-31-22/h4-12,15-16,25-26H,13-14H2,1-3H3/t15-,16+. The Hall–Kier alpha value is -3.04. The summed E-state index contributed by atoms with van der Waals surface area (Å²) in [5, 5.41) is 3.48. The van der Waals surface area contributed by atoms with Gasteiger partial charge in [0, 0.05) is 30.9 Å². The van der Waals surface area contributed by atoms with Crippen LogP contribution in [0.15, 0.2) is 64.1 Å². The molecule has 0 saturated carbocycles. The molecule has 9 heteroatoms. The highest BCUT2D eigenvalue weighted by Gasteiger charge is 2.24. The van der Waals surface area contributed by atoms with E-state index in [1.54, 1.807) is 24.3 Å². The van der Waals surface area contributed by atoms with Gasteiger partial charge < -0.3 is 19.4 Å². The first-order valence-corrected chi connectivity index (χ1v) is 11.8. The van der Waals surface area contributed by atoms with E-state index in [4.69, 9.17) is 9.15 Å². The Labute approximate surface area is 187 Å². The summed E-state index contributed by atoms with van der Waals surface area (Å²) >= 11 is 0. The number of ether oxygens (including phenoxy) is 1. The molecule has 1 aromatic heterocycles. The van der Waals surface area contributed by atoms with Gasteiger partial charge in [0.25, 0.3) is 10.0 Å². The summed E-state index contributed by atoms with van der Waals surface area (Å²) in [5.74, 6) is 0.0156. The Morgan fingerprint density at radius 1 is 1.12 bits per heavy atom. The second kappa shape index (κ2) is 8.84. The maximum Gasteiger partial charge on any atom is 0.262 e. The summed E-state index contributed by atoms with van der Waals surface area (Å²) in [7, 11) is -2.58. The SMILES string of the molecule is COc1ccc(N2C[C@@H](C)N[C@@H](C)C2)cc1NS(=O)(=O)c1ccc(-c2ccco2)c(F)c1. The Balaban J connectivity index is 1.63. The molecular formula is C23H26FN3O4S. The molecule has 1 aliphatic heterocycles. The summed E-state index contributed by atoms with van der Waals surface area (Å²) in [6.45, 7) is 5.80. The smallest absolute Gasteiger partial charge is 0.262 e. The van der Waals surface area contributed by atoms with Crippen molar-refractivity contribution < 1.29 is 22.0 Å². The highest BCUT2D eigenvalue weighted by Crippen LogP contribution is 2.33. The number of hydrogen-bond donors (Lipinski definition) is 2. The van der Waals surface area contributed by atoms with E-state index in [-0.39, 0.29) is 10.5 Å². The molecule has 0 bridgehead atoms. The normalized spacial score (nSPS) is 19.1. The van der Waals surface area contributed by atoms with E-state index in [0.29, 0.717) is 29.3 Å². The quantitative estimate of drug-likeness (QED) is 0.578. The summed E-state index contributed by atoms with van der Waals surface area (Å²) in [4.78, 5) is 2.00. The predicted octanol–water partition coefficient (Wildman–Crippen LogP) is 4.08. The number of nitrogens with zero attached hydrogens (tertiary/aromatic N) is 1. The van der Waals surface area contributed by atoms with Crippen molar-refractivity contribution in [2.75, 3.05) is 29.8 Å². The first-order chi connectivity index (χ1) is 15.3. The number of piperazine rings is 1. The molecule has 0 amide bonds. The second-order valence-electron chi connectivity index (χ2n) is 7.98. The molecule has 7 nitrogen and oxygen atoms in total. The van der Waals surface area contributed by atoms with Crippen molar-refractivity contribution in [1.29, 1.82) is 0 Å². The van der Waals surface area contributed by atoms with Gasteiger partial charge in [0.05, 0.1) is 29.5 Å². The van der Waals surface area contributed by atoms with Crippen molar-refractivity contribution in [3.8, 4) is 17.1 Å². The van der Waals surface area contributed by atoms with Crippen molar-refractivity contribution in [3.63, 3.8) is 0 Å². The summed E-state index contributed by atoms with van der Waals surface area (Å²) < 4.78 is 53.8. The second-order valence-corrected chi connectivity index (χ2v) is 9.67. The molecule has 0 aliphatic carbocycles. The van der Waals surface area contributed by atoms with E-state index in [2.05, 4.69) is 28.8 Å². The molecule has 0 unspecified atom stereocenters. The number of methoxy groups -OCH3 is 1. The van der Waals surface area contributed by atoms with Gasteiger partial charge in [-0.3, -0.25) is 4.72 Å². The topological polar surface area (TPSA) is 83.8 Å². The van der Waals surface area contributed by atoms with Crippen LogP contribution in [0.5, 0.6) is 5.75 Å². The van der Waals surface area contributed by atoms with E-state index in [1.165, 1.54) is 25.5 Å². The van der Waals surface area contributed by atoms with Crippen LogP contribution >= 0.6 is 0 Å². The minimum Gasteiger partial charge on any atom is -0.495 e. The Morgan fingerprint density at radius 3 is 2.50 bits per heavy atom. The fourth-order valence-electron chi connectivity index (χ4n) is 4.01. The predicted molar refractivity (Wildman–Crippen MR) is 122 cm³/mol. The zero-order valence-electron chi connectivity index (χ0n) is 18.1. The number of sulfonamides is 1. The molecule has 1 saturated heterocycles. The van der Waals surface area contributed by atoms with Gasteiger partial charge >= 0.3 is 0 Å². The van der Waals surface area contributed by atoms with Gasteiger partial charge in [-0.1, -0.05) is 0 Å². The lowest BCUT2D eigenvalue weighted by Gasteiger charge is -2.38. The number of anilines is 2. The van der Waals surface area contributed by atoms with Gasteiger partial charge in [-0.2, -0.15) is 0 Å². The van der Waals surface area contributed by atoms with E-state index >= 15 is 0 Å². The third kappa shape index (κ3) is 4.58. The summed E-state index contributed by atoms with van der Waals surface area (Å²) in [6, 6.07) is 12.9. The number of benzene rings is 2. The van der Waals surface area contributed by atoms with Crippen molar-refractivity contribution in [2.24, 2.45) is 0 Å². The lowest BCUT2D eigenvalue weighted by molar-refractivity contribution is 0.406. The minimum atomic E-state index is -4.05. The first-order valence-electron chi connectivity index (χ1n) is 10.3. The van der Waals surface area contributed by atoms with Gasteiger partial charge in [0.1, 0.15) is 17.3 Å². The maximum absolute atomic E-state index is 14.6. The van der Waals surface area contributed by atoms with Gasteiger partial charge in [0.15, 0.2) is 0 Å². The van der Waals surface area contributed by atoms with Crippen molar-refractivity contribution >= 4 is 21.4 Å². The van der Waals surface area contributed by atoms with Crippen LogP contribution in [0.4, 0.5) is 15.8 Å². The van der Waals surface area contributed by atoms with Crippen molar-refractivity contribution in [2.45, 2.75) is 30.8 Å². The average Bonchev–Trinajstić information content (AvgIpc) is 3.27. The fraction of sp³-hybridized carbons (Fsp3) is 0.304. The zero-order chi connectivity index (χ0) is 22.9. The lowest BCUT2D eigenvalue weighted by atomic mass is 10.1. The van der Waals surface area contributed by atoms with Crippen LogP contribution in [-0.4, -0.2) is 40.7 Å². The highest BCUT2D eigenvalue weighted by atomic mass is 32.2. The number of hydrogen-bond acceptors (Lipinski definition) is 6. The van der Waals surface area contributed by atoms with E-state index < -0.39 is 15.8 Å². The van der Waals surface area contributed by atoms with Crippen molar-refractivity contribution in [1.82, 2.24) is 5.32 Å². The number of halogens is 1. The van der Waals surface area contributed by atoms with Gasteiger partial charge in [-0.05, 0) is 62.4 Å². The number of nitrogens with one attached hydrogen (secondary N) is 2. The molecule has 1 fully saturated rings. The largest absolute Gasteiger partial charge is 0.495 e. The monoisotopic (exact) mass is 459 g/mol. The van der Waals surface area contributed by atoms with Crippen LogP contribution in [0.3, 0.4) is 0 Å². The van der Waals surface area contributed by atoms with Crippen LogP contribution < -0.4 is 19.7 Å². The first kappa shape index (κ1) is 22.2. The summed E-state index contributed by atoms with van der Waals surface area (Å²) in [5.41, 5.74) is 1.36. The highest BCUT2D eigenvalue weighted by molar-refractivity contribution is 7.92. The fourth-order valence-corrected chi connectivity index (χ4v) is 5.08. The minimum absolute atomic E-state index is 0.190. The number of rotatable bonds is 6. The zero-order valence-corrected chi connectivity index (χ0v) is 18.9. The van der Waals surface area contributed by atoms with Crippen LogP contribution in [0.25, 0.3) is 11.3 Å². The molecule has 2 aromatic carbocycles. The van der Waals surface area contributed by atoms with E-state index in [0.717, 1.165) is 24.8 Å². The van der Waals surface area contributed by atoms with Gasteiger partial charge in [-0.25, -0.2) is 12.8 Å².